The van der Waals surface area contributed by atoms with Crippen LogP contribution < -0.4 is 5.32 Å². The van der Waals surface area contributed by atoms with Gasteiger partial charge in [-0.3, -0.25) is 0 Å². The van der Waals surface area contributed by atoms with E-state index in [1.165, 1.54) is 11.3 Å². The van der Waals surface area contributed by atoms with Crippen molar-refractivity contribution in [3.63, 3.8) is 0 Å². The van der Waals surface area contributed by atoms with Crippen LogP contribution in [-0.2, 0) is 9.84 Å². The Morgan fingerprint density at radius 3 is 2.65 bits per heavy atom. The van der Waals surface area contributed by atoms with Gasteiger partial charge in [-0.05, 0) is 44.0 Å². The SMILES string of the molecule is Cl.O=S(=O)(CC1CCNCC1)c1nc2ccccc2s1. The summed E-state index contributed by atoms with van der Waals surface area (Å²) in [5.74, 6) is 0.493. The summed E-state index contributed by atoms with van der Waals surface area (Å²) >= 11 is 1.28. The second-order valence-corrected chi connectivity index (χ2v) is 8.16. The first-order valence-corrected chi connectivity index (χ1v) is 8.91. The number of thiazole rings is 1. The zero-order valence-corrected chi connectivity index (χ0v) is 13.4. The summed E-state index contributed by atoms with van der Waals surface area (Å²) in [5.41, 5.74) is 0.774. The van der Waals surface area contributed by atoms with E-state index in [1.54, 1.807) is 0 Å². The summed E-state index contributed by atoms with van der Waals surface area (Å²) in [5, 5.41) is 3.25. The zero-order valence-electron chi connectivity index (χ0n) is 10.9. The number of fused-ring (bicyclic) bond motifs is 1. The Bertz CT molecular complexity index is 645. The molecule has 1 aliphatic rings. The first-order chi connectivity index (χ1) is 9.15. The van der Waals surface area contributed by atoms with Crippen LogP contribution in [0.3, 0.4) is 0 Å². The fraction of sp³-hybridized carbons (Fsp3) is 0.462. The normalized spacial score (nSPS) is 17.0. The molecule has 20 heavy (non-hydrogen) atoms. The second-order valence-electron chi connectivity index (χ2n) is 4.92. The van der Waals surface area contributed by atoms with Crippen LogP contribution in [0.25, 0.3) is 10.2 Å². The first-order valence-electron chi connectivity index (χ1n) is 6.44. The topological polar surface area (TPSA) is 59.1 Å². The minimum Gasteiger partial charge on any atom is -0.317 e. The van der Waals surface area contributed by atoms with E-state index in [4.69, 9.17) is 0 Å². The third-order valence-electron chi connectivity index (χ3n) is 3.45. The summed E-state index contributed by atoms with van der Waals surface area (Å²) in [6.45, 7) is 1.83. The van der Waals surface area contributed by atoms with E-state index in [0.29, 0.717) is 0 Å². The molecule has 2 heterocycles. The number of nitrogens with zero attached hydrogens (tertiary/aromatic N) is 1. The molecule has 0 bridgehead atoms. The van der Waals surface area contributed by atoms with Gasteiger partial charge in [0.05, 0.1) is 16.0 Å². The van der Waals surface area contributed by atoms with Crippen molar-refractivity contribution in [1.29, 1.82) is 0 Å². The largest absolute Gasteiger partial charge is 0.317 e. The molecule has 0 spiro atoms. The van der Waals surface area contributed by atoms with Crippen molar-refractivity contribution in [2.75, 3.05) is 18.8 Å². The van der Waals surface area contributed by atoms with Crippen molar-refractivity contribution in [2.45, 2.75) is 17.2 Å². The number of sulfone groups is 1. The van der Waals surface area contributed by atoms with Crippen LogP contribution in [0.1, 0.15) is 12.8 Å². The lowest BCUT2D eigenvalue weighted by Crippen LogP contribution is -2.31. The monoisotopic (exact) mass is 332 g/mol. The zero-order chi connectivity index (χ0) is 13.3. The minimum absolute atomic E-state index is 0. The maximum Gasteiger partial charge on any atom is 0.210 e. The lowest BCUT2D eigenvalue weighted by molar-refractivity contribution is 0.401. The predicted molar refractivity (Wildman–Crippen MR) is 84.5 cm³/mol. The molecule has 0 aliphatic carbocycles. The Hall–Kier alpha value is -0.690. The molecule has 7 heteroatoms. The van der Waals surface area contributed by atoms with E-state index < -0.39 is 9.84 Å². The smallest absolute Gasteiger partial charge is 0.210 e. The Labute approximate surface area is 128 Å². The van der Waals surface area contributed by atoms with Gasteiger partial charge >= 0.3 is 0 Å². The molecular formula is C13H17ClN2O2S2. The average molecular weight is 333 g/mol. The second kappa shape index (κ2) is 6.39. The van der Waals surface area contributed by atoms with Gasteiger partial charge in [0.2, 0.25) is 14.2 Å². The lowest BCUT2D eigenvalue weighted by Gasteiger charge is -2.21. The van der Waals surface area contributed by atoms with Gasteiger partial charge in [0.15, 0.2) is 0 Å². The van der Waals surface area contributed by atoms with E-state index in [9.17, 15) is 8.42 Å². The molecule has 0 radical (unpaired) electrons. The van der Waals surface area contributed by atoms with Gasteiger partial charge in [-0.1, -0.05) is 12.1 Å². The van der Waals surface area contributed by atoms with E-state index in [-0.39, 0.29) is 28.4 Å². The highest BCUT2D eigenvalue weighted by molar-refractivity contribution is 7.93. The molecular weight excluding hydrogens is 316 g/mol. The summed E-state index contributed by atoms with van der Waals surface area (Å²) in [7, 11) is -3.24. The standard InChI is InChI=1S/C13H16N2O2S2.ClH/c16-19(17,9-10-5-7-14-8-6-10)13-15-11-3-1-2-4-12(11)18-13;/h1-4,10,14H,5-9H2;1H. The molecule has 0 atom stereocenters. The van der Waals surface area contributed by atoms with Crippen molar-refractivity contribution in [1.82, 2.24) is 10.3 Å². The highest BCUT2D eigenvalue weighted by Crippen LogP contribution is 2.27. The Balaban J connectivity index is 0.00000147. The van der Waals surface area contributed by atoms with Crippen molar-refractivity contribution in [2.24, 2.45) is 5.92 Å². The molecule has 3 rings (SSSR count). The van der Waals surface area contributed by atoms with Crippen LogP contribution in [-0.4, -0.2) is 32.2 Å². The minimum atomic E-state index is -3.24. The number of hydrogen-bond acceptors (Lipinski definition) is 5. The number of benzene rings is 1. The predicted octanol–water partition coefficient (Wildman–Crippen LogP) is 2.49. The van der Waals surface area contributed by atoms with Crippen LogP contribution >= 0.6 is 23.7 Å². The molecule has 0 amide bonds. The fourth-order valence-corrected chi connectivity index (χ4v) is 5.43. The fourth-order valence-electron chi connectivity index (χ4n) is 2.41. The van der Waals surface area contributed by atoms with Crippen LogP contribution in [0.2, 0.25) is 0 Å². The maximum absolute atomic E-state index is 12.4. The molecule has 0 saturated carbocycles. The lowest BCUT2D eigenvalue weighted by atomic mass is 10.0. The van der Waals surface area contributed by atoms with Gasteiger partial charge in [-0.15, -0.1) is 23.7 Å². The highest BCUT2D eigenvalue weighted by Gasteiger charge is 2.25. The third-order valence-corrected chi connectivity index (χ3v) is 6.83. The Kier molecular flexibility index (Phi) is 5.01. The number of aromatic nitrogens is 1. The van der Waals surface area contributed by atoms with Gasteiger partial charge in [0, 0.05) is 0 Å². The van der Waals surface area contributed by atoms with Crippen LogP contribution in [0.15, 0.2) is 28.6 Å². The number of piperidine rings is 1. The van der Waals surface area contributed by atoms with Crippen molar-refractivity contribution in [3.05, 3.63) is 24.3 Å². The molecule has 1 saturated heterocycles. The molecule has 0 unspecified atom stereocenters. The number of hydrogen-bond donors (Lipinski definition) is 1. The highest BCUT2D eigenvalue weighted by atomic mass is 35.5. The average Bonchev–Trinajstić information content (AvgIpc) is 2.84. The number of para-hydroxylation sites is 1. The van der Waals surface area contributed by atoms with Crippen molar-refractivity contribution in [3.8, 4) is 0 Å². The van der Waals surface area contributed by atoms with Crippen molar-refractivity contribution >= 4 is 43.8 Å². The van der Waals surface area contributed by atoms with E-state index >= 15 is 0 Å². The number of rotatable bonds is 3. The molecule has 1 aromatic carbocycles. The summed E-state index contributed by atoms with van der Waals surface area (Å²) < 4.78 is 26.0. The summed E-state index contributed by atoms with van der Waals surface area (Å²) in [6, 6.07) is 7.56. The number of halogens is 1. The molecule has 1 aliphatic heterocycles. The third kappa shape index (κ3) is 3.31. The van der Waals surface area contributed by atoms with Crippen molar-refractivity contribution < 1.29 is 8.42 Å². The molecule has 1 aromatic heterocycles. The van der Waals surface area contributed by atoms with E-state index in [1.807, 2.05) is 24.3 Å². The quantitative estimate of drug-likeness (QED) is 0.938. The van der Waals surface area contributed by atoms with Gasteiger partial charge in [-0.25, -0.2) is 13.4 Å². The van der Waals surface area contributed by atoms with Gasteiger partial charge in [0.25, 0.3) is 0 Å². The summed E-state index contributed by atoms with van der Waals surface area (Å²) in [4.78, 5) is 4.26. The Morgan fingerprint density at radius 1 is 1.25 bits per heavy atom. The molecule has 110 valence electrons. The molecule has 1 N–H and O–H groups in total. The molecule has 4 nitrogen and oxygen atoms in total. The van der Waals surface area contributed by atoms with Gasteiger partial charge in [0.1, 0.15) is 0 Å². The summed E-state index contributed by atoms with van der Waals surface area (Å²) in [6.07, 6.45) is 1.87. The van der Waals surface area contributed by atoms with Crippen LogP contribution in [0.4, 0.5) is 0 Å². The van der Waals surface area contributed by atoms with E-state index in [2.05, 4.69) is 10.3 Å². The molecule has 1 fully saturated rings. The number of nitrogens with one attached hydrogen (secondary N) is 1. The Morgan fingerprint density at radius 2 is 1.95 bits per heavy atom. The van der Waals surface area contributed by atoms with E-state index in [0.717, 1.165) is 36.1 Å². The van der Waals surface area contributed by atoms with Gasteiger partial charge in [-0.2, -0.15) is 0 Å². The first kappa shape index (κ1) is 15.7. The van der Waals surface area contributed by atoms with Gasteiger partial charge < -0.3 is 5.32 Å². The van der Waals surface area contributed by atoms with Crippen LogP contribution in [0, 0.1) is 5.92 Å². The van der Waals surface area contributed by atoms with Crippen LogP contribution in [0.5, 0.6) is 0 Å². The molecule has 2 aromatic rings. The maximum atomic E-state index is 12.4.